The maximum Gasteiger partial charge on any atom is 0.228 e. The second-order valence-corrected chi connectivity index (χ2v) is 7.62. The minimum Gasteiger partial charge on any atom is -0.365 e. The lowest BCUT2D eigenvalue weighted by atomic mass is 10.00. The van der Waals surface area contributed by atoms with Crippen molar-refractivity contribution < 1.29 is 9.18 Å². The Bertz CT molecular complexity index is 1080. The highest BCUT2D eigenvalue weighted by Crippen LogP contribution is 2.30. The Morgan fingerprint density at radius 2 is 2.00 bits per heavy atom. The number of fused-ring (bicyclic) bond motifs is 1. The van der Waals surface area contributed by atoms with Crippen molar-refractivity contribution in [3.8, 4) is 11.4 Å². The second-order valence-electron chi connectivity index (χ2n) is 7.62. The second kappa shape index (κ2) is 7.00. The van der Waals surface area contributed by atoms with Crippen molar-refractivity contribution in [1.29, 1.82) is 0 Å². The lowest BCUT2D eigenvalue weighted by molar-refractivity contribution is -0.117. The average molecular weight is 393 g/mol. The molecule has 1 aliphatic heterocycles. The molecule has 3 aromatic heterocycles. The zero-order chi connectivity index (χ0) is 19.8. The number of nitrogens with one attached hydrogen (secondary N) is 3. The number of rotatable bonds is 6. The summed E-state index contributed by atoms with van der Waals surface area (Å²) in [6.45, 7) is 0.860. The van der Waals surface area contributed by atoms with Gasteiger partial charge in [0.25, 0.3) is 0 Å². The van der Waals surface area contributed by atoms with Gasteiger partial charge >= 0.3 is 0 Å². The fourth-order valence-electron chi connectivity index (χ4n) is 3.15. The molecular formula is C20H20FN7O. The summed E-state index contributed by atoms with van der Waals surface area (Å²) in [6.07, 6.45) is 6.74. The fraction of sp³-hybridized carbons (Fsp3) is 0.350. The molecule has 1 amide bonds. The number of carbonyl (C=O) groups is 1. The van der Waals surface area contributed by atoms with Gasteiger partial charge in [-0.1, -0.05) is 0 Å². The Morgan fingerprint density at radius 3 is 2.76 bits per heavy atom. The number of alkyl halides is 1. The van der Waals surface area contributed by atoms with Crippen molar-refractivity contribution in [3.63, 3.8) is 0 Å². The Kier molecular flexibility index (Phi) is 4.31. The molecule has 0 spiro atoms. The van der Waals surface area contributed by atoms with Gasteiger partial charge in [0.2, 0.25) is 5.91 Å². The SMILES string of the molecule is O=C(Nc1cc2nc(-c3cncc(NCC4(F)CNC4)n3)ccc2cn1)C1CC1. The molecule has 0 bridgehead atoms. The van der Waals surface area contributed by atoms with E-state index in [0.717, 1.165) is 18.2 Å². The van der Waals surface area contributed by atoms with Crippen molar-refractivity contribution in [2.45, 2.75) is 18.5 Å². The summed E-state index contributed by atoms with van der Waals surface area (Å²) in [5.41, 5.74) is 0.677. The molecule has 5 rings (SSSR count). The molecular weight excluding hydrogens is 373 g/mol. The minimum absolute atomic E-state index is 0.00458. The first kappa shape index (κ1) is 17.9. The summed E-state index contributed by atoms with van der Waals surface area (Å²) < 4.78 is 14.2. The third kappa shape index (κ3) is 3.86. The summed E-state index contributed by atoms with van der Waals surface area (Å²) in [5.74, 6) is 1.10. The molecule has 3 N–H and O–H groups in total. The first-order valence-electron chi connectivity index (χ1n) is 9.62. The van der Waals surface area contributed by atoms with Gasteiger partial charge in [-0.2, -0.15) is 0 Å². The van der Waals surface area contributed by atoms with Crippen LogP contribution >= 0.6 is 0 Å². The molecule has 0 aromatic carbocycles. The molecule has 0 unspecified atom stereocenters. The van der Waals surface area contributed by atoms with Crippen LogP contribution in [0.3, 0.4) is 0 Å². The first-order valence-corrected chi connectivity index (χ1v) is 9.62. The first-order chi connectivity index (χ1) is 14.1. The molecule has 148 valence electrons. The van der Waals surface area contributed by atoms with Gasteiger partial charge < -0.3 is 16.0 Å². The van der Waals surface area contributed by atoms with Crippen LogP contribution in [0.2, 0.25) is 0 Å². The number of halogens is 1. The lowest BCUT2D eigenvalue weighted by Gasteiger charge is -2.34. The van der Waals surface area contributed by atoms with E-state index in [-0.39, 0.29) is 18.4 Å². The number of pyridine rings is 2. The minimum atomic E-state index is -1.24. The van der Waals surface area contributed by atoms with Crippen molar-refractivity contribution in [3.05, 3.63) is 36.8 Å². The molecule has 9 heteroatoms. The van der Waals surface area contributed by atoms with Crippen LogP contribution in [0.25, 0.3) is 22.3 Å². The number of anilines is 2. The van der Waals surface area contributed by atoms with Crippen LogP contribution in [0.15, 0.2) is 36.8 Å². The third-order valence-electron chi connectivity index (χ3n) is 5.14. The van der Waals surface area contributed by atoms with E-state index in [1.54, 1.807) is 24.7 Å². The molecule has 2 aliphatic rings. The van der Waals surface area contributed by atoms with Gasteiger partial charge in [0.05, 0.1) is 30.1 Å². The predicted octanol–water partition coefficient (Wildman–Crippen LogP) is 2.16. The maximum atomic E-state index is 14.2. The number of hydrogen-bond acceptors (Lipinski definition) is 7. The van der Waals surface area contributed by atoms with Crippen molar-refractivity contribution in [2.75, 3.05) is 30.3 Å². The smallest absolute Gasteiger partial charge is 0.228 e. The molecule has 8 nitrogen and oxygen atoms in total. The van der Waals surface area contributed by atoms with Gasteiger partial charge in [0.15, 0.2) is 5.67 Å². The highest BCUT2D eigenvalue weighted by molar-refractivity contribution is 5.94. The zero-order valence-electron chi connectivity index (χ0n) is 15.7. The van der Waals surface area contributed by atoms with Crippen molar-refractivity contribution in [1.82, 2.24) is 25.3 Å². The maximum absolute atomic E-state index is 14.2. The predicted molar refractivity (Wildman–Crippen MR) is 107 cm³/mol. The Morgan fingerprint density at radius 1 is 1.14 bits per heavy atom. The van der Waals surface area contributed by atoms with Gasteiger partial charge in [-0.25, -0.2) is 19.3 Å². The summed E-state index contributed by atoms with van der Waals surface area (Å²) >= 11 is 0. The molecule has 1 aliphatic carbocycles. The molecule has 0 atom stereocenters. The largest absolute Gasteiger partial charge is 0.365 e. The van der Waals surface area contributed by atoms with Crippen molar-refractivity contribution in [2.24, 2.45) is 5.92 Å². The van der Waals surface area contributed by atoms with Gasteiger partial charge in [0, 0.05) is 36.7 Å². The highest BCUT2D eigenvalue weighted by atomic mass is 19.1. The number of carbonyl (C=O) groups excluding carboxylic acids is 1. The zero-order valence-corrected chi connectivity index (χ0v) is 15.7. The average Bonchev–Trinajstić information content (AvgIpc) is 3.56. The van der Waals surface area contributed by atoms with Crippen molar-refractivity contribution >= 4 is 28.4 Å². The van der Waals surface area contributed by atoms with Crippen LogP contribution in [0.4, 0.5) is 16.0 Å². The molecule has 4 heterocycles. The van der Waals surface area contributed by atoms with E-state index in [4.69, 9.17) is 0 Å². The van der Waals surface area contributed by atoms with E-state index in [2.05, 4.69) is 35.9 Å². The van der Waals surface area contributed by atoms with Gasteiger partial charge in [-0.3, -0.25) is 9.78 Å². The van der Waals surface area contributed by atoms with E-state index in [1.807, 2.05) is 12.1 Å². The summed E-state index contributed by atoms with van der Waals surface area (Å²) in [7, 11) is 0. The number of amides is 1. The monoisotopic (exact) mass is 393 g/mol. The topological polar surface area (TPSA) is 105 Å². The van der Waals surface area contributed by atoms with E-state index in [9.17, 15) is 9.18 Å². The van der Waals surface area contributed by atoms with Crippen LogP contribution in [-0.4, -0.2) is 51.1 Å². The molecule has 3 aromatic rings. The van der Waals surface area contributed by atoms with Gasteiger partial charge in [-0.15, -0.1) is 0 Å². The normalized spacial score (nSPS) is 17.6. The van der Waals surface area contributed by atoms with Crippen LogP contribution in [0.1, 0.15) is 12.8 Å². The summed E-state index contributed by atoms with van der Waals surface area (Å²) in [4.78, 5) is 29.6. The van der Waals surface area contributed by atoms with E-state index in [1.165, 1.54) is 0 Å². The van der Waals surface area contributed by atoms with E-state index >= 15 is 0 Å². The Balaban J connectivity index is 1.37. The number of nitrogens with zero attached hydrogens (tertiary/aromatic N) is 4. The van der Waals surface area contributed by atoms with Gasteiger partial charge in [-0.05, 0) is 25.0 Å². The highest BCUT2D eigenvalue weighted by Gasteiger charge is 2.36. The fourth-order valence-corrected chi connectivity index (χ4v) is 3.15. The lowest BCUT2D eigenvalue weighted by Crippen LogP contribution is -2.59. The summed E-state index contributed by atoms with van der Waals surface area (Å²) in [5, 5.41) is 9.63. The van der Waals surface area contributed by atoms with Crippen LogP contribution in [-0.2, 0) is 4.79 Å². The van der Waals surface area contributed by atoms with E-state index < -0.39 is 5.67 Å². The van der Waals surface area contributed by atoms with E-state index in [0.29, 0.717) is 41.6 Å². The van der Waals surface area contributed by atoms with Gasteiger partial charge in [0.1, 0.15) is 17.3 Å². The standard InChI is InChI=1S/C20H20FN7O/c21-20(9-23-10-20)11-25-18-8-22-7-16(27-18)14-4-3-13-6-24-17(5-15(13)26-14)28-19(29)12-1-2-12/h3-8,12,23H,1-2,9-11H2,(H,25,27)(H,24,28,29). The van der Waals surface area contributed by atoms with Crippen LogP contribution < -0.4 is 16.0 Å². The Hall–Kier alpha value is -3.20. The molecule has 1 saturated heterocycles. The molecule has 1 saturated carbocycles. The third-order valence-corrected chi connectivity index (χ3v) is 5.14. The number of aromatic nitrogens is 4. The molecule has 29 heavy (non-hydrogen) atoms. The molecule has 2 fully saturated rings. The Labute approximate surface area is 166 Å². The molecule has 0 radical (unpaired) electrons. The van der Waals surface area contributed by atoms with Crippen LogP contribution in [0.5, 0.6) is 0 Å². The van der Waals surface area contributed by atoms with Crippen LogP contribution in [0, 0.1) is 5.92 Å². The summed E-state index contributed by atoms with van der Waals surface area (Å²) in [6, 6.07) is 5.49. The number of hydrogen-bond donors (Lipinski definition) is 3. The quantitative estimate of drug-likeness (QED) is 0.589.